The Balaban J connectivity index is 2.90. The lowest BCUT2D eigenvalue weighted by Gasteiger charge is -2.20. The molecule has 0 saturated carbocycles. The molecule has 20 heavy (non-hydrogen) atoms. The summed E-state index contributed by atoms with van der Waals surface area (Å²) in [6.45, 7) is 0.981. The van der Waals surface area contributed by atoms with E-state index in [1.807, 2.05) is 6.92 Å². The molecule has 1 aromatic rings. The maximum atomic E-state index is 12.3. The van der Waals surface area contributed by atoms with Crippen molar-refractivity contribution < 1.29 is 27.8 Å². The fourth-order valence-electron chi connectivity index (χ4n) is 1.54. The second-order valence-electron chi connectivity index (χ2n) is 4.28. The number of hydrogen-bond donors (Lipinski definition) is 2. The van der Waals surface area contributed by atoms with Gasteiger partial charge in [-0.1, -0.05) is 6.07 Å². The van der Waals surface area contributed by atoms with E-state index in [2.05, 4.69) is 5.32 Å². The summed E-state index contributed by atoms with van der Waals surface area (Å²) in [6.07, 6.45) is -7.22. The molecular formula is C13H18F3NO3. The lowest BCUT2D eigenvalue weighted by molar-refractivity contribution is -0.210. The molecular weight excluding hydrogens is 275 g/mol. The molecule has 0 radical (unpaired) electrons. The van der Waals surface area contributed by atoms with Crippen LogP contribution >= 0.6 is 0 Å². The van der Waals surface area contributed by atoms with Gasteiger partial charge in [0, 0.05) is 17.7 Å². The van der Waals surface area contributed by atoms with Crippen molar-refractivity contribution in [2.75, 3.05) is 20.8 Å². The van der Waals surface area contributed by atoms with Crippen molar-refractivity contribution in [3.63, 3.8) is 0 Å². The van der Waals surface area contributed by atoms with Crippen molar-refractivity contribution in [2.24, 2.45) is 0 Å². The van der Waals surface area contributed by atoms with Crippen LogP contribution < -0.4 is 14.8 Å². The average Bonchev–Trinajstić information content (AvgIpc) is 2.42. The molecule has 4 nitrogen and oxygen atoms in total. The zero-order chi connectivity index (χ0) is 15.3. The first kappa shape index (κ1) is 16.6. The Morgan fingerprint density at radius 3 is 2.50 bits per heavy atom. The fraction of sp³-hybridized carbons (Fsp3) is 0.538. The van der Waals surface area contributed by atoms with E-state index < -0.39 is 18.9 Å². The predicted molar refractivity (Wildman–Crippen MR) is 68.0 cm³/mol. The summed E-state index contributed by atoms with van der Waals surface area (Å²) in [5.41, 5.74) is 0.683. The van der Waals surface area contributed by atoms with Crippen LogP contribution in [0.1, 0.15) is 18.5 Å². The Morgan fingerprint density at radius 2 is 2.00 bits per heavy atom. The van der Waals surface area contributed by atoms with E-state index in [9.17, 15) is 13.2 Å². The molecule has 0 fully saturated rings. The molecule has 1 rings (SSSR count). The number of alkyl halides is 3. The molecule has 1 aromatic carbocycles. The van der Waals surface area contributed by atoms with Crippen LogP contribution in [0.25, 0.3) is 0 Å². The Labute approximate surface area is 115 Å². The molecule has 2 atom stereocenters. The molecule has 0 aliphatic rings. The topological polar surface area (TPSA) is 50.7 Å². The maximum absolute atomic E-state index is 12.3. The van der Waals surface area contributed by atoms with Crippen LogP contribution in [-0.4, -0.2) is 38.2 Å². The van der Waals surface area contributed by atoms with Crippen molar-refractivity contribution in [3.8, 4) is 11.5 Å². The molecule has 2 N–H and O–H groups in total. The van der Waals surface area contributed by atoms with Gasteiger partial charge in [-0.05, 0) is 20.0 Å². The second kappa shape index (κ2) is 6.81. The van der Waals surface area contributed by atoms with Crippen molar-refractivity contribution in [1.29, 1.82) is 0 Å². The lowest BCUT2D eigenvalue weighted by atomic mass is 10.1. The van der Waals surface area contributed by atoms with Gasteiger partial charge in [-0.25, -0.2) is 0 Å². The van der Waals surface area contributed by atoms with Gasteiger partial charge in [0.15, 0.2) is 6.10 Å². The van der Waals surface area contributed by atoms with E-state index in [-0.39, 0.29) is 11.8 Å². The third-order valence-corrected chi connectivity index (χ3v) is 2.89. The average molecular weight is 293 g/mol. The van der Waals surface area contributed by atoms with Crippen LogP contribution in [0.3, 0.4) is 0 Å². The van der Waals surface area contributed by atoms with Crippen LogP contribution in [0.4, 0.5) is 13.2 Å². The summed E-state index contributed by atoms with van der Waals surface area (Å²) in [5, 5.41) is 11.9. The highest BCUT2D eigenvalue weighted by molar-refractivity contribution is 5.42. The molecule has 0 aliphatic heterocycles. The Morgan fingerprint density at radius 1 is 1.35 bits per heavy atom. The standard InChI is InChI=1S/C13H18F3NO3/c1-8(17-2)10-5-4-9(19-3)6-11(10)20-7-12(18)13(14,15)16/h4-6,8,12,17-18H,7H2,1-3H3. The monoisotopic (exact) mass is 293 g/mol. The third-order valence-electron chi connectivity index (χ3n) is 2.89. The predicted octanol–water partition coefficient (Wildman–Crippen LogP) is 2.28. The molecule has 0 saturated heterocycles. The molecule has 0 amide bonds. The number of rotatable bonds is 6. The summed E-state index contributed by atoms with van der Waals surface area (Å²) in [6, 6.07) is 4.77. The van der Waals surface area contributed by atoms with Crippen molar-refractivity contribution in [1.82, 2.24) is 5.32 Å². The van der Waals surface area contributed by atoms with Crippen molar-refractivity contribution in [3.05, 3.63) is 23.8 Å². The van der Waals surface area contributed by atoms with Crippen LogP contribution in [-0.2, 0) is 0 Å². The molecule has 0 aliphatic carbocycles. The van der Waals surface area contributed by atoms with Crippen LogP contribution in [0, 0.1) is 0 Å². The van der Waals surface area contributed by atoms with E-state index in [0.29, 0.717) is 11.3 Å². The molecule has 2 unspecified atom stereocenters. The van der Waals surface area contributed by atoms with Crippen LogP contribution in [0.2, 0.25) is 0 Å². The van der Waals surface area contributed by atoms with E-state index in [1.54, 1.807) is 19.2 Å². The number of ether oxygens (including phenoxy) is 2. The van der Waals surface area contributed by atoms with Gasteiger partial charge in [0.25, 0.3) is 0 Å². The first-order valence-corrected chi connectivity index (χ1v) is 6.02. The summed E-state index contributed by atoms with van der Waals surface area (Å²) in [4.78, 5) is 0. The molecule has 114 valence electrons. The highest BCUT2D eigenvalue weighted by Gasteiger charge is 2.38. The van der Waals surface area contributed by atoms with E-state index >= 15 is 0 Å². The number of hydrogen-bond acceptors (Lipinski definition) is 4. The van der Waals surface area contributed by atoms with Crippen LogP contribution in [0.5, 0.6) is 11.5 Å². The number of halogens is 3. The third kappa shape index (κ3) is 4.28. The first-order valence-electron chi connectivity index (χ1n) is 6.02. The molecule has 0 bridgehead atoms. The van der Waals surface area contributed by atoms with Gasteiger partial charge in [-0.15, -0.1) is 0 Å². The fourth-order valence-corrected chi connectivity index (χ4v) is 1.54. The number of methoxy groups -OCH3 is 1. The summed E-state index contributed by atoms with van der Waals surface area (Å²) >= 11 is 0. The van der Waals surface area contributed by atoms with Crippen LogP contribution in [0.15, 0.2) is 18.2 Å². The molecule has 0 spiro atoms. The number of nitrogens with one attached hydrogen (secondary N) is 1. The Kier molecular flexibility index (Phi) is 5.64. The zero-order valence-corrected chi connectivity index (χ0v) is 11.5. The Hall–Kier alpha value is -1.47. The second-order valence-corrected chi connectivity index (χ2v) is 4.28. The van der Waals surface area contributed by atoms with Gasteiger partial charge in [0.1, 0.15) is 18.1 Å². The van der Waals surface area contributed by atoms with Crippen molar-refractivity contribution >= 4 is 0 Å². The molecule has 7 heteroatoms. The van der Waals surface area contributed by atoms with E-state index in [0.717, 1.165) is 0 Å². The van der Waals surface area contributed by atoms with E-state index in [4.69, 9.17) is 14.6 Å². The highest BCUT2D eigenvalue weighted by atomic mass is 19.4. The largest absolute Gasteiger partial charge is 0.497 e. The minimum absolute atomic E-state index is 0.112. The molecule has 0 heterocycles. The van der Waals surface area contributed by atoms with Gasteiger partial charge in [-0.2, -0.15) is 13.2 Å². The highest BCUT2D eigenvalue weighted by Crippen LogP contribution is 2.30. The number of aliphatic hydroxyl groups is 1. The zero-order valence-electron chi connectivity index (χ0n) is 11.5. The summed E-state index contributed by atoms with van der Waals surface area (Å²) in [5.74, 6) is 0.711. The van der Waals surface area contributed by atoms with Gasteiger partial charge in [-0.3, -0.25) is 0 Å². The minimum atomic E-state index is -4.70. The maximum Gasteiger partial charge on any atom is 0.417 e. The van der Waals surface area contributed by atoms with Crippen molar-refractivity contribution in [2.45, 2.75) is 25.2 Å². The van der Waals surface area contributed by atoms with E-state index in [1.165, 1.54) is 13.2 Å². The normalized spacial score (nSPS) is 14.8. The first-order chi connectivity index (χ1) is 9.29. The molecule has 0 aromatic heterocycles. The lowest BCUT2D eigenvalue weighted by Crippen LogP contribution is -2.34. The van der Waals surface area contributed by atoms with Gasteiger partial charge < -0.3 is 19.9 Å². The van der Waals surface area contributed by atoms with Gasteiger partial charge in [0.2, 0.25) is 0 Å². The smallest absolute Gasteiger partial charge is 0.417 e. The number of aliphatic hydroxyl groups excluding tert-OH is 1. The van der Waals surface area contributed by atoms with Gasteiger partial charge >= 0.3 is 6.18 Å². The van der Waals surface area contributed by atoms with Gasteiger partial charge in [0.05, 0.1) is 7.11 Å². The Bertz CT molecular complexity index is 437. The number of benzene rings is 1. The SMILES string of the molecule is CNC(C)c1ccc(OC)cc1OCC(O)C(F)(F)F. The summed E-state index contributed by atoms with van der Waals surface area (Å²) < 4.78 is 46.9. The summed E-state index contributed by atoms with van der Waals surface area (Å²) in [7, 11) is 3.17. The minimum Gasteiger partial charge on any atom is -0.497 e. The quantitative estimate of drug-likeness (QED) is 0.845.